The van der Waals surface area contributed by atoms with Crippen molar-refractivity contribution < 1.29 is 13.9 Å². The van der Waals surface area contributed by atoms with Gasteiger partial charge in [-0.25, -0.2) is 9.37 Å². The Bertz CT molecular complexity index is 1300. The molecule has 0 atom stereocenters. The van der Waals surface area contributed by atoms with Crippen LogP contribution in [-0.2, 0) is 24.4 Å². The van der Waals surface area contributed by atoms with Crippen molar-refractivity contribution in [3.05, 3.63) is 106 Å². The molecule has 4 aromatic rings. The molecule has 0 saturated carbocycles. The maximum atomic E-state index is 13.4. The molecule has 0 fully saturated rings. The zero-order chi connectivity index (χ0) is 21.8. The molecule has 0 bridgehead atoms. The predicted octanol–water partition coefficient (Wildman–Crippen LogP) is 3.19. The van der Waals surface area contributed by atoms with Gasteiger partial charge in [0.05, 0.1) is 5.52 Å². The molecule has 1 amide bonds. The molecule has 0 aliphatic carbocycles. The standard InChI is InChI=1S/C24H20FN3O3/c25-18-9-4-8-17(12-18)15-31-20-11-5-10-19-23(20)24(30)28(14-21(26)29)22(27-19)13-16-6-2-1-3-7-16/h1-12H,13-15H2,(H2,26,29). The largest absolute Gasteiger partial charge is 0.488 e. The van der Waals surface area contributed by atoms with Crippen LogP contribution in [0.2, 0.25) is 0 Å². The predicted molar refractivity (Wildman–Crippen MR) is 115 cm³/mol. The first-order chi connectivity index (χ1) is 15.0. The maximum absolute atomic E-state index is 13.4. The molecule has 31 heavy (non-hydrogen) atoms. The van der Waals surface area contributed by atoms with E-state index in [2.05, 4.69) is 4.98 Å². The highest BCUT2D eigenvalue weighted by atomic mass is 19.1. The maximum Gasteiger partial charge on any atom is 0.265 e. The third kappa shape index (κ3) is 4.61. The topological polar surface area (TPSA) is 87.2 Å². The lowest BCUT2D eigenvalue weighted by atomic mass is 10.1. The number of nitrogens with two attached hydrogens (primary N) is 1. The van der Waals surface area contributed by atoms with E-state index in [-0.39, 0.29) is 24.4 Å². The highest BCUT2D eigenvalue weighted by Crippen LogP contribution is 2.23. The number of ether oxygens (including phenoxy) is 1. The zero-order valence-corrected chi connectivity index (χ0v) is 16.6. The van der Waals surface area contributed by atoms with Crippen LogP contribution in [0.4, 0.5) is 4.39 Å². The molecule has 4 rings (SSSR count). The van der Waals surface area contributed by atoms with Crippen LogP contribution in [0.15, 0.2) is 77.6 Å². The van der Waals surface area contributed by atoms with Crippen molar-refractivity contribution in [3.8, 4) is 5.75 Å². The lowest BCUT2D eigenvalue weighted by Crippen LogP contribution is -2.31. The van der Waals surface area contributed by atoms with Crippen molar-refractivity contribution in [3.63, 3.8) is 0 Å². The van der Waals surface area contributed by atoms with E-state index in [1.807, 2.05) is 30.3 Å². The molecule has 0 aliphatic rings. The number of hydrogen-bond donors (Lipinski definition) is 1. The Balaban J connectivity index is 1.77. The van der Waals surface area contributed by atoms with Crippen molar-refractivity contribution in [2.45, 2.75) is 19.6 Å². The summed E-state index contributed by atoms with van der Waals surface area (Å²) >= 11 is 0. The minimum atomic E-state index is -0.643. The molecule has 1 heterocycles. The first kappa shape index (κ1) is 20.3. The van der Waals surface area contributed by atoms with Crippen molar-refractivity contribution >= 4 is 16.8 Å². The summed E-state index contributed by atoms with van der Waals surface area (Å²) in [5.74, 6) is -0.265. The van der Waals surface area contributed by atoms with E-state index in [9.17, 15) is 14.0 Å². The molecule has 0 aliphatic heterocycles. The van der Waals surface area contributed by atoms with Crippen LogP contribution < -0.4 is 16.0 Å². The summed E-state index contributed by atoms with van der Waals surface area (Å²) in [4.78, 5) is 29.6. The number of primary amides is 1. The van der Waals surface area contributed by atoms with Gasteiger partial charge < -0.3 is 10.5 Å². The number of aromatic nitrogens is 2. The molecule has 7 heteroatoms. The molecule has 2 N–H and O–H groups in total. The van der Waals surface area contributed by atoms with Crippen LogP contribution in [0, 0.1) is 5.82 Å². The van der Waals surface area contributed by atoms with E-state index in [4.69, 9.17) is 10.5 Å². The number of carbonyl (C=O) groups excluding carboxylic acids is 1. The summed E-state index contributed by atoms with van der Waals surface area (Å²) in [6, 6.07) is 20.7. The molecule has 156 valence electrons. The van der Waals surface area contributed by atoms with E-state index < -0.39 is 11.5 Å². The van der Waals surface area contributed by atoms with Gasteiger partial charge >= 0.3 is 0 Å². The van der Waals surface area contributed by atoms with Gasteiger partial charge in [0.1, 0.15) is 35.9 Å². The van der Waals surface area contributed by atoms with Crippen LogP contribution in [0.5, 0.6) is 5.75 Å². The number of amides is 1. The Morgan fingerprint density at radius 1 is 1.00 bits per heavy atom. The quantitative estimate of drug-likeness (QED) is 0.500. The first-order valence-corrected chi connectivity index (χ1v) is 9.73. The monoisotopic (exact) mass is 417 g/mol. The molecular weight excluding hydrogens is 397 g/mol. The van der Waals surface area contributed by atoms with Crippen LogP contribution in [-0.4, -0.2) is 15.5 Å². The summed E-state index contributed by atoms with van der Waals surface area (Å²) < 4.78 is 20.6. The zero-order valence-electron chi connectivity index (χ0n) is 16.6. The minimum absolute atomic E-state index is 0.0812. The first-order valence-electron chi connectivity index (χ1n) is 9.73. The summed E-state index contributed by atoms with van der Waals surface area (Å²) in [7, 11) is 0. The van der Waals surface area contributed by atoms with E-state index >= 15 is 0 Å². The third-order valence-electron chi connectivity index (χ3n) is 4.83. The fraction of sp³-hybridized carbons (Fsp3) is 0.125. The second-order valence-corrected chi connectivity index (χ2v) is 7.12. The Hall–Kier alpha value is -4.00. The Morgan fingerprint density at radius 2 is 1.74 bits per heavy atom. The van der Waals surface area contributed by atoms with Gasteiger partial charge in [-0.15, -0.1) is 0 Å². The van der Waals surface area contributed by atoms with Gasteiger partial charge in [-0.2, -0.15) is 0 Å². The van der Waals surface area contributed by atoms with Crippen molar-refractivity contribution in [2.75, 3.05) is 0 Å². The smallest absolute Gasteiger partial charge is 0.265 e. The molecule has 1 aromatic heterocycles. The number of benzene rings is 3. The van der Waals surface area contributed by atoms with E-state index in [1.165, 1.54) is 16.7 Å². The lowest BCUT2D eigenvalue weighted by Gasteiger charge is -2.15. The second-order valence-electron chi connectivity index (χ2n) is 7.12. The number of fused-ring (bicyclic) bond motifs is 1. The number of rotatable bonds is 7. The van der Waals surface area contributed by atoms with Crippen molar-refractivity contribution in [1.29, 1.82) is 0 Å². The Morgan fingerprint density at radius 3 is 2.48 bits per heavy atom. The normalized spacial score (nSPS) is 10.9. The number of halogens is 1. The van der Waals surface area contributed by atoms with Crippen LogP contribution >= 0.6 is 0 Å². The van der Waals surface area contributed by atoms with Gasteiger partial charge in [0.2, 0.25) is 5.91 Å². The summed E-state index contributed by atoms with van der Waals surface area (Å²) in [6.45, 7) is -0.208. The van der Waals surface area contributed by atoms with Crippen LogP contribution in [0.3, 0.4) is 0 Å². The van der Waals surface area contributed by atoms with Crippen LogP contribution in [0.1, 0.15) is 17.0 Å². The molecule has 0 spiro atoms. The highest BCUT2D eigenvalue weighted by Gasteiger charge is 2.17. The van der Waals surface area contributed by atoms with Gasteiger partial charge in [-0.3, -0.25) is 14.2 Å². The molecule has 6 nitrogen and oxygen atoms in total. The van der Waals surface area contributed by atoms with Gasteiger partial charge in [-0.1, -0.05) is 48.5 Å². The Kier molecular flexibility index (Phi) is 5.75. The molecular formula is C24H20FN3O3. The highest BCUT2D eigenvalue weighted by molar-refractivity contribution is 5.84. The summed E-state index contributed by atoms with van der Waals surface area (Å²) in [6.07, 6.45) is 0.369. The van der Waals surface area contributed by atoms with Gasteiger partial charge in [-0.05, 0) is 35.4 Å². The number of nitrogens with zero attached hydrogens (tertiary/aromatic N) is 2. The van der Waals surface area contributed by atoms with E-state index in [0.717, 1.165) is 5.56 Å². The summed E-state index contributed by atoms with van der Waals surface area (Å²) in [5.41, 5.74) is 7.01. The average molecular weight is 417 g/mol. The molecule has 0 unspecified atom stereocenters. The fourth-order valence-electron chi connectivity index (χ4n) is 3.42. The second kappa shape index (κ2) is 8.79. The van der Waals surface area contributed by atoms with E-state index in [1.54, 1.807) is 30.3 Å². The van der Waals surface area contributed by atoms with E-state index in [0.29, 0.717) is 29.1 Å². The van der Waals surface area contributed by atoms with Crippen molar-refractivity contribution in [1.82, 2.24) is 9.55 Å². The fourth-order valence-corrected chi connectivity index (χ4v) is 3.42. The van der Waals surface area contributed by atoms with Crippen molar-refractivity contribution in [2.24, 2.45) is 5.73 Å². The molecule has 3 aromatic carbocycles. The van der Waals surface area contributed by atoms with Gasteiger partial charge in [0.15, 0.2) is 0 Å². The Labute approximate surface area is 177 Å². The summed E-state index contributed by atoms with van der Waals surface area (Å²) in [5, 5.41) is 0.247. The molecule has 0 radical (unpaired) electrons. The minimum Gasteiger partial charge on any atom is -0.488 e. The number of hydrogen-bond acceptors (Lipinski definition) is 4. The van der Waals surface area contributed by atoms with Crippen LogP contribution in [0.25, 0.3) is 10.9 Å². The SMILES string of the molecule is NC(=O)Cn1c(Cc2ccccc2)nc2cccc(OCc3cccc(F)c3)c2c1=O. The third-order valence-corrected chi connectivity index (χ3v) is 4.83. The molecule has 0 saturated heterocycles. The van der Waals surface area contributed by atoms with Gasteiger partial charge in [0, 0.05) is 6.42 Å². The van der Waals surface area contributed by atoms with Gasteiger partial charge in [0.25, 0.3) is 5.56 Å². The lowest BCUT2D eigenvalue weighted by molar-refractivity contribution is -0.118. The number of carbonyl (C=O) groups is 1. The average Bonchev–Trinajstić information content (AvgIpc) is 2.75.